The maximum absolute atomic E-state index is 13.5. The molecule has 1 heterocycles. The Morgan fingerprint density at radius 1 is 1.53 bits per heavy atom. The van der Waals surface area contributed by atoms with Gasteiger partial charge < -0.3 is 4.74 Å². The Balaban J connectivity index is 2.11. The second kappa shape index (κ2) is 4.73. The molecule has 1 aliphatic heterocycles. The molecule has 92 valence electrons. The van der Waals surface area contributed by atoms with E-state index in [9.17, 15) is 9.18 Å². The molecule has 0 atom stereocenters. The van der Waals surface area contributed by atoms with E-state index in [1.165, 1.54) is 11.0 Å². The van der Waals surface area contributed by atoms with Crippen LogP contribution in [0.4, 0.5) is 14.9 Å². The molecule has 2 rings (SSSR count). The van der Waals surface area contributed by atoms with E-state index in [4.69, 9.17) is 4.74 Å². The summed E-state index contributed by atoms with van der Waals surface area (Å²) in [7, 11) is 0. The lowest BCUT2D eigenvalue weighted by atomic mass is 10.1. The van der Waals surface area contributed by atoms with Crippen LogP contribution < -0.4 is 4.90 Å². The van der Waals surface area contributed by atoms with Gasteiger partial charge in [0.05, 0.1) is 12.3 Å². The molecule has 0 fully saturated rings. The van der Waals surface area contributed by atoms with Crippen molar-refractivity contribution in [3.05, 3.63) is 29.6 Å². The van der Waals surface area contributed by atoms with Gasteiger partial charge in [-0.2, -0.15) is 0 Å². The highest BCUT2D eigenvalue weighted by molar-refractivity contribution is 5.90. The van der Waals surface area contributed by atoms with Crippen molar-refractivity contribution in [3.8, 4) is 0 Å². The fourth-order valence-corrected chi connectivity index (χ4v) is 1.90. The van der Waals surface area contributed by atoms with E-state index in [1.54, 1.807) is 12.1 Å². The molecule has 0 radical (unpaired) electrons. The summed E-state index contributed by atoms with van der Waals surface area (Å²) in [6.45, 7) is 4.84. The van der Waals surface area contributed by atoms with E-state index in [0.29, 0.717) is 36.7 Å². The zero-order chi connectivity index (χ0) is 12.4. The molecule has 0 saturated heterocycles. The van der Waals surface area contributed by atoms with Gasteiger partial charge >= 0.3 is 6.09 Å². The van der Waals surface area contributed by atoms with Crippen molar-refractivity contribution < 1.29 is 13.9 Å². The van der Waals surface area contributed by atoms with Crippen LogP contribution in [0, 0.1) is 11.7 Å². The zero-order valence-electron chi connectivity index (χ0n) is 10.1. The van der Waals surface area contributed by atoms with E-state index in [-0.39, 0.29) is 11.9 Å². The van der Waals surface area contributed by atoms with Crippen LogP contribution in [0.25, 0.3) is 0 Å². The van der Waals surface area contributed by atoms with Crippen LogP contribution in [0.5, 0.6) is 0 Å². The fourth-order valence-electron chi connectivity index (χ4n) is 1.90. The third-order valence-electron chi connectivity index (χ3n) is 2.73. The lowest BCUT2D eigenvalue weighted by Gasteiger charge is -2.17. The number of carbonyl (C=O) groups excluding carboxylic acids is 1. The number of benzene rings is 1. The number of amides is 1. The Labute approximate surface area is 100 Å². The molecule has 17 heavy (non-hydrogen) atoms. The summed E-state index contributed by atoms with van der Waals surface area (Å²) in [6, 6.07) is 4.78. The summed E-state index contributed by atoms with van der Waals surface area (Å²) >= 11 is 0. The van der Waals surface area contributed by atoms with Crippen molar-refractivity contribution in [2.24, 2.45) is 5.92 Å². The lowest BCUT2D eigenvalue weighted by molar-refractivity contribution is 0.140. The largest absolute Gasteiger partial charge is 0.449 e. The van der Waals surface area contributed by atoms with Gasteiger partial charge in [0.25, 0.3) is 0 Å². The molecule has 0 aromatic heterocycles. The first kappa shape index (κ1) is 11.9. The van der Waals surface area contributed by atoms with Crippen molar-refractivity contribution in [2.75, 3.05) is 18.1 Å². The molecule has 0 N–H and O–H groups in total. The molecule has 1 aromatic rings. The number of halogens is 1. The Hall–Kier alpha value is -1.58. The van der Waals surface area contributed by atoms with E-state index >= 15 is 0 Å². The molecule has 1 amide bonds. The highest BCUT2D eigenvalue weighted by Crippen LogP contribution is 2.30. The highest BCUT2D eigenvalue weighted by Gasteiger charge is 2.27. The van der Waals surface area contributed by atoms with Crippen LogP contribution in [0.1, 0.15) is 19.4 Å². The Bertz CT molecular complexity index is 431. The van der Waals surface area contributed by atoms with Gasteiger partial charge in [-0.3, -0.25) is 4.90 Å². The lowest BCUT2D eigenvalue weighted by Crippen LogP contribution is -2.30. The minimum absolute atomic E-state index is 0.248. The molecule has 1 aliphatic rings. The highest BCUT2D eigenvalue weighted by atomic mass is 19.1. The smallest absolute Gasteiger partial charge is 0.414 e. The average molecular weight is 237 g/mol. The third-order valence-corrected chi connectivity index (χ3v) is 2.73. The van der Waals surface area contributed by atoms with Crippen molar-refractivity contribution >= 4 is 11.8 Å². The topological polar surface area (TPSA) is 29.5 Å². The fraction of sp³-hybridized carbons (Fsp3) is 0.462. The molecule has 0 aliphatic carbocycles. The van der Waals surface area contributed by atoms with Gasteiger partial charge in [-0.15, -0.1) is 0 Å². The molecule has 0 unspecified atom stereocenters. The molecule has 3 nitrogen and oxygen atoms in total. The summed E-state index contributed by atoms with van der Waals surface area (Å²) in [5.41, 5.74) is 1.24. The monoisotopic (exact) mass is 237 g/mol. The van der Waals surface area contributed by atoms with Crippen LogP contribution in [-0.4, -0.2) is 19.2 Å². The predicted octanol–water partition coefficient (Wildman–Crippen LogP) is 2.98. The van der Waals surface area contributed by atoms with Crippen molar-refractivity contribution in [3.63, 3.8) is 0 Å². The van der Waals surface area contributed by atoms with Crippen molar-refractivity contribution in [1.82, 2.24) is 0 Å². The van der Waals surface area contributed by atoms with Gasteiger partial charge in [0.15, 0.2) is 0 Å². The number of rotatable bonds is 2. The number of carbonyl (C=O) groups is 1. The average Bonchev–Trinajstić information content (AvgIpc) is 2.71. The van der Waals surface area contributed by atoms with Crippen LogP contribution in [0.15, 0.2) is 18.2 Å². The maximum Gasteiger partial charge on any atom is 0.414 e. The Morgan fingerprint density at radius 3 is 3.00 bits per heavy atom. The molecule has 0 saturated carbocycles. The second-order valence-electron chi connectivity index (χ2n) is 4.61. The summed E-state index contributed by atoms with van der Waals surface area (Å²) in [5.74, 6) is 0.0511. The van der Waals surface area contributed by atoms with Gasteiger partial charge in [-0.1, -0.05) is 19.9 Å². The van der Waals surface area contributed by atoms with Crippen LogP contribution in [-0.2, 0) is 11.2 Å². The van der Waals surface area contributed by atoms with Crippen LogP contribution in [0.2, 0.25) is 0 Å². The first-order valence-electron chi connectivity index (χ1n) is 5.81. The summed E-state index contributed by atoms with van der Waals surface area (Å²) < 4.78 is 18.6. The molecule has 0 bridgehead atoms. The number of hydrogen-bond acceptors (Lipinski definition) is 2. The van der Waals surface area contributed by atoms with Gasteiger partial charge in [0.2, 0.25) is 0 Å². The van der Waals surface area contributed by atoms with Gasteiger partial charge in [-0.25, -0.2) is 9.18 Å². The van der Waals surface area contributed by atoms with E-state index < -0.39 is 0 Å². The summed E-state index contributed by atoms with van der Waals surface area (Å²) in [5, 5.41) is 0. The minimum atomic E-state index is -0.386. The SMILES string of the molecule is CC(C)COC(=O)N1CCc2c(F)cccc21. The Kier molecular flexibility index (Phi) is 3.31. The first-order valence-corrected chi connectivity index (χ1v) is 5.81. The third kappa shape index (κ3) is 2.40. The van der Waals surface area contributed by atoms with Crippen LogP contribution in [0.3, 0.4) is 0 Å². The van der Waals surface area contributed by atoms with Crippen molar-refractivity contribution in [2.45, 2.75) is 20.3 Å². The second-order valence-corrected chi connectivity index (χ2v) is 4.61. The van der Waals surface area contributed by atoms with Gasteiger partial charge in [-0.05, 0) is 24.5 Å². The van der Waals surface area contributed by atoms with E-state index in [1.807, 2.05) is 13.8 Å². The van der Waals surface area contributed by atoms with E-state index in [2.05, 4.69) is 0 Å². The predicted molar refractivity (Wildman–Crippen MR) is 63.6 cm³/mol. The van der Waals surface area contributed by atoms with Crippen molar-refractivity contribution in [1.29, 1.82) is 0 Å². The number of nitrogens with zero attached hydrogens (tertiary/aromatic N) is 1. The number of hydrogen-bond donors (Lipinski definition) is 0. The molecular formula is C13H16FNO2. The maximum atomic E-state index is 13.5. The Morgan fingerprint density at radius 2 is 2.29 bits per heavy atom. The normalized spacial score (nSPS) is 14.0. The summed E-state index contributed by atoms with van der Waals surface area (Å²) in [4.78, 5) is 13.3. The number of fused-ring (bicyclic) bond motifs is 1. The summed E-state index contributed by atoms with van der Waals surface area (Å²) in [6.07, 6.45) is 0.168. The number of ether oxygens (including phenoxy) is 1. The van der Waals surface area contributed by atoms with Crippen LogP contribution >= 0.6 is 0 Å². The molecule has 4 heteroatoms. The molecule has 1 aromatic carbocycles. The quantitative estimate of drug-likeness (QED) is 0.791. The standard InChI is InChI=1S/C13H16FNO2/c1-9(2)8-17-13(16)15-7-6-10-11(14)4-3-5-12(10)15/h3-5,9H,6-8H2,1-2H3. The number of anilines is 1. The first-order chi connectivity index (χ1) is 8.09. The molecular weight excluding hydrogens is 221 g/mol. The zero-order valence-corrected chi connectivity index (χ0v) is 10.1. The van der Waals surface area contributed by atoms with Gasteiger partial charge in [0, 0.05) is 12.1 Å². The van der Waals surface area contributed by atoms with Gasteiger partial charge in [0.1, 0.15) is 5.82 Å². The minimum Gasteiger partial charge on any atom is -0.449 e. The van der Waals surface area contributed by atoms with E-state index in [0.717, 1.165) is 0 Å². The molecule has 0 spiro atoms.